The number of nitrogens with one attached hydrogen (secondary N) is 1. The maximum absolute atomic E-state index is 5.94. The van der Waals surface area contributed by atoms with Gasteiger partial charge in [0.2, 0.25) is 0 Å². The molecule has 1 aromatic heterocycles. The van der Waals surface area contributed by atoms with Gasteiger partial charge < -0.3 is 9.88 Å². The molecule has 0 atom stereocenters. The minimum Gasteiger partial charge on any atom is -0.344 e. The van der Waals surface area contributed by atoms with Gasteiger partial charge in [0, 0.05) is 29.5 Å². The fourth-order valence-corrected chi connectivity index (χ4v) is 2.59. The third-order valence-corrected chi connectivity index (χ3v) is 3.93. The van der Waals surface area contributed by atoms with Gasteiger partial charge in [-0.25, -0.2) is 0 Å². The molecule has 0 saturated carbocycles. The molecule has 0 spiro atoms. The third-order valence-electron chi connectivity index (χ3n) is 3.67. The number of aryl methyl sites for hydroxylation is 1. The Bertz CT molecular complexity index is 555. The minimum atomic E-state index is 0.791. The zero-order chi connectivity index (χ0) is 14.5. The Kier molecular flexibility index (Phi) is 5.27. The quantitative estimate of drug-likeness (QED) is 0.785. The monoisotopic (exact) mass is 290 g/mol. The fraction of sp³-hybridized carbons (Fsp3) is 0.412. The van der Waals surface area contributed by atoms with Crippen molar-refractivity contribution < 1.29 is 0 Å². The highest BCUT2D eigenvalue weighted by Gasteiger charge is 2.09. The SMILES string of the molecule is CCCNCc1cc(C)n(Cc2ccc(Cl)cc2)c1C. The Morgan fingerprint density at radius 2 is 1.85 bits per heavy atom. The van der Waals surface area contributed by atoms with Crippen molar-refractivity contribution in [1.82, 2.24) is 9.88 Å². The molecule has 0 aliphatic heterocycles. The second kappa shape index (κ2) is 6.96. The molecule has 0 bridgehead atoms. The molecule has 108 valence electrons. The van der Waals surface area contributed by atoms with Crippen LogP contribution in [0, 0.1) is 13.8 Å². The van der Waals surface area contributed by atoms with Crippen molar-refractivity contribution in [3.63, 3.8) is 0 Å². The van der Waals surface area contributed by atoms with Gasteiger partial charge in [-0.15, -0.1) is 0 Å². The Balaban J connectivity index is 2.13. The summed E-state index contributed by atoms with van der Waals surface area (Å²) in [6.45, 7) is 9.49. The van der Waals surface area contributed by atoms with Crippen LogP contribution < -0.4 is 5.32 Å². The van der Waals surface area contributed by atoms with Crippen LogP contribution in [0.25, 0.3) is 0 Å². The zero-order valence-electron chi connectivity index (χ0n) is 12.5. The molecule has 1 N–H and O–H groups in total. The molecule has 1 heterocycles. The van der Waals surface area contributed by atoms with Crippen LogP contribution in [-0.2, 0) is 13.1 Å². The highest BCUT2D eigenvalue weighted by atomic mass is 35.5. The molecule has 0 unspecified atom stereocenters. The van der Waals surface area contributed by atoms with Crippen LogP contribution in [0.1, 0.15) is 35.9 Å². The van der Waals surface area contributed by atoms with Gasteiger partial charge in [-0.2, -0.15) is 0 Å². The molecule has 2 aromatic rings. The van der Waals surface area contributed by atoms with E-state index in [1.165, 1.54) is 28.9 Å². The molecule has 0 fully saturated rings. The fourth-order valence-electron chi connectivity index (χ4n) is 2.47. The molecule has 2 nitrogen and oxygen atoms in total. The summed E-state index contributed by atoms with van der Waals surface area (Å²) >= 11 is 5.94. The molecule has 20 heavy (non-hydrogen) atoms. The molecule has 2 rings (SSSR count). The molecular weight excluding hydrogens is 268 g/mol. The van der Waals surface area contributed by atoms with E-state index in [1.54, 1.807) is 0 Å². The second-order valence-electron chi connectivity index (χ2n) is 5.29. The first-order valence-electron chi connectivity index (χ1n) is 7.22. The molecule has 0 aliphatic rings. The first-order valence-corrected chi connectivity index (χ1v) is 7.60. The number of nitrogens with zero attached hydrogens (tertiary/aromatic N) is 1. The van der Waals surface area contributed by atoms with Crippen LogP contribution in [0.5, 0.6) is 0 Å². The minimum absolute atomic E-state index is 0.791. The predicted molar refractivity (Wildman–Crippen MR) is 86.5 cm³/mol. The Morgan fingerprint density at radius 1 is 1.15 bits per heavy atom. The number of benzene rings is 1. The van der Waals surface area contributed by atoms with Crippen LogP contribution in [-0.4, -0.2) is 11.1 Å². The topological polar surface area (TPSA) is 17.0 Å². The maximum atomic E-state index is 5.94. The van der Waals surface area contributed by atoms with Crippen LogP contribution >= 0.6 is 11.6 Å². The summed E-state index contributed by atoms with van der Waals surface area (Å²) in [7, 11) is 0. The van der Waals surface area contributed by atoms with E-state index in [0.29, 0.717) is 0 Å². The lowest BCUT2D eigenvalue weighted by Gasteiger charge is -2.10. The largest absolute Gasteiger partial charge is 0.344 e. The smallest absolute Gasteiger partial charge is 0.0475 e. The molecule has 0 saturated heterocycles. The molecule has 0 amide bonds. The summed E-state index contributed by atoms with van der Waals surface area (Å²) in [6, 6.07) is 10.4. The van der Waals surface area contributed by atoms with E-state index < -0.39 is 0 Å². The standard InChI is InChI=1S/C17H23ClN2/c1-4-9-19-11-16-10-13(2)20(14(16)3)12-15-5-7-17(18)8-6-15/h5-8,10,19H,4,9,11-12H2,1-3H3. The molecule has 0 aliphatic carbocycles. The average Bonchev–Trinajstić information content (AvgIpc) is 2.69. The van der Waals surface area contributed by atoms with Crippen LogP contribution in [0.3, 0.4) is 0 Å². The van der Waals surface area contributed by atoms with Gasteiger partial charge in [-0.05, 0) is 56.1 Å². The van der Waals surface area contributed by atoms with Gasteiger partial charge >= 0.3 is 0 Å². The van der Waals surface area contributed by atoms with Crippen molar-refractivity contribution in [2.45, 2.75) is 40.3 Å². The molecule has 1 aromatic carbocycles. The van der Waals surface area contributed by atoms with E-state index in [4.69, 9.17) is 11.6 Å². The van der Waals surface area contributed by atoms with Gasteiger partial charge in [0.05, 0.1) is 0 Å². The van der Waals surface area contributed by atoms with E-state index in [9.17, 15) is 0 Å². The van der Waals surface area contributed by atoms with Crippen LogP contribution in [0.15, 0.2) is 30.3 Å². The van der Waals surface area contributed by atoms with Crippen LogP contribution in [0.2, 0.25) is 5.02 Å². The third kappa shape index (κ3) is 3.65. The maximum Gasteiger partial charge on any atom is 0.0475 e. The first kappa shape index (κ1) is 15.1. The van der Waals surface area contributed by atoms with Gasteiger partial charge in [-0.3, -0.25) is 0 Å². The van der Waals surface area contributed by atoms with Crippen molar-refractivity contribution >= 4 is 11.6 Å². The van der Waals surface area contributed by atoms with E-state index >= 15 is 0 Å². The Hall–Kier alpha value is -1.25. The lowest BCUT2D eigenvalue weighted by molar-refractivity contribution is 0.667. The summed E-state index contributed by atoms with van der Waals surface area (Å²) in [5.41, 5.74) is 5.33. The summed E-state index contributed by atoms with van der Waals surface area (Å²) in [5, 5.41) is 4.26. The van der Waals surface area contributed by atoms with Gasteiger partial charge in [-0.1, -0.05) is 30.7 Å². The van der Waals surface area contributed by atoms with Gasteiger partial charge in [0.25, 0.3) is 0 Å². The molecule has 0 radical (unpaired) electrons. The number of aromatic nitrogens is 1. The lowest BCUT2D eigenvalue weighted by Crippen LogP contribution is -2.14. The van der Waals surface area contributed by atoms with Crippen molar-refractivity contribution in [3.05, 3.63) is 57.9 Å². The molecular formula is C17H23ClN2. The Morgan fingerprint density at radius 3 is 2.50 bits per heavy atom. The van der Waals surface area contributed by atoms with E-state index in [1.807, 2.05) is 12.1 Å². The van der Waals surface area contributed by atoms with E-state index in [-0.39, 0.29) is 0 Å². The van der Waals surface area contributed by atoms with Crippen molar-refractivity contribution in [3.8, 4) is 0 Å². The summed E-state index contributed by atoms with van der Waals surface area (Å²) < 4.78 is 2.37. The summed E-state index contributed by atoms with van der Waals surface area (Å²) in [6.07, 6.45) is 1.17. The second-order valence-corrected chi connectivity index (χ2v) is 5.72. The first-order chi connectivity index (χ1) is 9.61. The van der Waals surface area contributed by atoms with Gasteiger partial charge in [0.15, 0.2) is 0 Å². The predicted octanol–water partition coefficient (Wildman–Crippen LogP) is 4.31. The lowest BCUT2D eigenvalue weighted by atomic mass is 10.2. The van der Waals surface area contributed by atoms with Crippen molar-refractivity contribution in [1.29, 1.82) is 0 Å². The molecule has 3 heteroatoms. The van der Waals surface area contributed by atoms with E-state index in [2.05, 4.69) is 48.9 Å². The number of hydrogen-bond acceptors (Lipinski definition) is 1. The highest BCUT2D eigenvalue weighted by Crippen LogP contribution is 2.18. The number of rotatable bonds is 6. The van der Waals surface area contributed by atoms with Crippen molar-refractivity contribution in [2.24, 2.45) is 0 Å². The average molecular weight is 291 g/mol. The Labute approximate surface area is 126 Å². The zero-order valence-corrected chi connectivity index (χ0v) is 13.3. The van der Waals surface area contributed by atoms with Crippen LogP contribution in [0.4, 0.5) is 0 Å². The summed E-state index contributed by atoms with van der Waals surface area (Å²) in [5.74, 6) is 0. The van der Waals surface area contributed by atoms with Crippen molar-refractivity contribution in [2.75, 3.05) is 6.54 Å². The number of hydrogen-bond donors (Lipinski definition) is 1. The van der Waals surface area contributed by atoms with Gasteiger partial charge in [0.1, 0.15) is 0 Å². The summed E-state index contributed by atoms with van der Waals surface area (Å²) in [4.78, 5) is 0. The number of halogens is 1. The normalized spacial score (nSPS) is 11.0. The van der Waals surface area contributed by atoms with E-state index in [0.717, 1.165) is 24.7 Å². The highest BCUT2D eigenvalue weighted by molar-refractivity contribution is 6.30.